The summed E-state index contributed by atoms with van der Waals surface area (Å²) in [5.41, 5.74) is -1.15. The van der Waals surface area contributed by atoms with Gasteiger partial charge in [-0.15, -0.1) is 0 Å². The van der Waals surface area contributed by atoms with Crippen LogP contribution in [0.25, 0.3) is 0 Å². The van der Waals surface area contributed by atoms with Gasteiger partial charge in [-0.05, 0) is 47.1 Å². The molecule has 0 bridgehead atoms. The molecule has 2 fully saturated rings. The second-order valence-electron chi connectivity index (χ2n) is 7.13. The number of nitrogens with zero attached hydrogens (tertiary/aromatic N) is 3. The van der Waals surface area contributed by atoms with Crippen LogP contribution in [-0.4, -0.2) is 76.1 Å². The van der Waals surface area contributed by atoms with E-state index >= 15 is 0 Å². The van der Waals surface area contributed by atoms with Crippen LogP contribution < -0.4 is 0 Å². The lowest BCUT2D eigenvalue weighted by Crippen LogP contribution is -2.65. The number of carboxylic acid groups (broad SMARTS) is 1. The molecule has 0 spiro atoms. The fourth-order valence-corrected chi connectivity index (χ4v) is 3.22. The largest absolute Gasteiger partial charge is 0.480 e. The Kier molecular flexibility index (Phi) is 4.19. The summed E-state index contributed by atoms with van der Waals surface area (Å²) < 4.78 is 0. The van der Waals surface area contributed by atoms with E-state index in [0.717, 1.165) is 19.4 Å². The Balaban J connectivity index is 2.17. The van der Waals surface area contributed by atoms with Gasteiger partial charge in [-0.25, -0.2) is 9.59 Å². The first-order valence-corrected chi connectivity index (χ1v) is 7.70. The van der Waals surface area contributed by atoms with Crippen LogP contribution in [0.5, 0.6) is 0 Å². The van der Waals surface area contributed by atoms with E-state index in [4.69, 9.17) is 0 Å². The molecule has 2 rings (SSSR count). The molecule has 120 valence electrons. The number of carboxylic acids is 1. The fourth-order valence-electron chi connectivity index (χ4n) is 3.22. The van der Waals surface area contributed by atoms with Crippen LogP contribution in [0.15, 0.2) is 0 Å². The van der Waals surface area contributed by atoms with E-state index in [-0.39, 0.29) is 11.6 Å². The third-order valence-electron chi connectivity index (χ3n) is 5.17. The van der Waals surface area contributed by atoms with Crippen molar-refractivity contribution in [1.29, 1.82) is 0 Å². The molecule has 6 nitrogen and oxygen atoms in total. The fraction of sp³-hybridized carbons (Fsp3) is 0.867. The van der Waals surface area contributed by atoms with Crippen LogP contribution >= 0.6 is 0 Å². The quantitative estimate of drug-likeness (QED) is 0.796. The Morgan fingerprint density at radius 1 is 1.05 bits per heavy atom. The van der Waals surface area contributed by atoms with Crippen LogP contribution in [0, 0.1) is 0 Å². The number of likely N-dealkylation sites (N-methyl/N-ethyl adjacent to an activating group) is 1. The van der Waals surface area contributed by atoms with Gasteiger partial charge < -0.3 is 14.9 Å². The van der Waals surface area contributed by atoms with Crippen molar-refractivity contribution in [2.45, 2.75) is 51.1 Å². The van der Waals surface area contributed by atoms with Gasteiger partial charge in [-0.1, -0.05) is 0 Å². The molecule has 6 heteroatoms. The normalized spacial score (nSPS) is 30.3. The number of carbonyl (C=O) groups is 2. The molecule has 1 atom stereocenters. The summed E-state index contributed by atoms with van der Waals surface area (Å²) >= 11 is 0. The summed E-state index contributed by atoms with van der Waals surface area (Å²) in [5, 5.41) is 9.54. The second-order valence-corrected chi connectivity index (χ2v) is 7.13. The Hall–Kier alpha value is -1.30. The summed E-state index contributed by atoms with van der Waals surface area (Å²) in [5.74, 6) is -0.899. The van der Waals surface area contributed by atoms with Gasteiger partial charge in [-0.3, -0.25) is 4.90 Å². The Bertz CT molecular complexity index is 438. The average Bonchev–Trinajstić information content (AvgIpc) is 2.41. The lowest BCUT2D eigenvalue weighted by molar-refractivity contribution is -0.151. The van der Waals surface area contributed by atoms with Crippen LogP contribution in [0.1, 0.15) is 40.0 Å². The number of amides is 2. The number of hydrogen-bond acceptors (Lipinski definition) is 3. The van der Waals surface area contributed by atoms with Crippen molar-refractivity contribution in [3.8, 4) is 0 Å². The third kappa shape index (κ3) is 2.86. The Labute approximate surface area is 126 Å². The minimum Gasteiger partial charge on any atom is -0.480 e. The molecule has 2 aliphatic heterocycles. The summed E-state index contributed by atoms with van der Waals surface area (Å²) in [4.78, 5) is 30.1. The van der Waals surface area contributed by atoms with E-state index in [9.17, 15) is 14.7 Å². The maximum atomic E-state index is 12.8. The van der Waals surface area contributed by atoms with Crippen LogP contribution in [0.4, 0.5) is 4.79 Å². The van der Waals surface area contributed by atoms with E-state index in [1.807, 2.05) is 4.90 Å². The summed E-state index contributed by atoms with van der Waals surface area (Å²) in [6.07, 6.45) is 2.28. The molecule has 2 aliphatic rings. The highest BCUT2D eigenvalue weighted by Crippen LogP contribution is 2.30. The molecule has 2 saturated heterocycles. The second kappa shape index (κ2) is 5.48. The van der Waals surface area contributed by atoms with Crippen LogP contribution in [0.2, 0.25) is 0 Å². The molecule has 2 amide bonds. The highest BCUT2D eigenvalue weighted by molar-refractivity contribution is 5.86. The molecule has 0 aromatic heterocycles. The Morgan fingerprint density at radius 3 is 2.29 bits per heavy atom. The first-order chi connectivity index (χ1) is 9.68. The number of hydrogen-bond donors (Lipinski definition) is 1. The van der Waals surface area contributed by atoms with Gasteiger partial charge in [0.25, 0.3) is 0 Å². The van der Waals surface area contributed by atoms with Crippen molar-refractivity contribution in [1.82, 2.24) is 14.7 Å². The zero-order valence-electron chi connectivity index (χ0n) is 13.6. The lowest BCUT2D eigenvalue weighted by Gasteiger charge is -2.49. The zero-order valence-corrected chi connectivity index (χ0v) is 13.6. The van der Waals surface area contributed by atoms with Crippen LogP contribution in [-0.2, 0) is 4.79 Å². The molecule has 2 heterocycles. The van der Waals surface area contributed by atoms with Crippen molar-refractivity contribution in [3.05, 3.63) is 0 Å². The van der Waals surface area contributed by atoms with E-state index in [0.29, 0.717) is 26.1 Å². The molecule has 0 aliphatic carbocycles. The molecular weight excluding hydrogens is 270 g/mol. The number of piperidine rings is 1. The first-order valence-electron chi connectivity index (χ1n) is 7.70. The van der Waals surface area contributed by atoms with Gasteiger partial charge in [-0.2, -0.15) is 0 Å². The minimum atomic E-state index is -1.07. The van der Waals surface area contributed by atoms with Crippen molar-refractivity contribution < 1.29 is 14.7 Å². The smallest absolute Gasteiger partial charge is 0.329 e. The van der Waals surface area contributed by atoms with Gasteiger partial charge in [0.05, 0.1) is 0 Å². The molecule has 1 unspecified atom stereocenters. The monoisotopic (exact) mass is 297 g/mol. The van der Waals surface area contributed by atoms with Gasteiger partial charge in [0, 0.05) is 31.7 Å². The minimum absolute atomic E-state index is 0.0800. The summed E-state index contributed by atoms with van der Waals surface area (Å²) in [6.45, 7) is 8.54. The molecule has 21 heavy (non-hydrogen) atoms. The molecule has 1 N–H and O–H groups in total. The predicted octanol–water partition coefficient (Wildman–Crippen LogP) is 1.46. The summed E-state index contributed by atoms with van der Waals surface area (Å²) in [6, 6.07) is -0.124. The SMILES string of the molecule is CN1CCN(C(=O)N2CCCCC2(C)C(=O)O)CC1(C)C. The zero-order chi connectivity index (χ0) is 15.8. The maximum Gasteiger partial charge on any atom is 0.329 e. The first kappa shape index (κ1) is 16.1. The van der Waals surface area contributed by atoms with Crippen LogP contribution in [0.3, 0.4) is 0 Å². The van der Waals surface area contributed by atoms with Gasteiger partial charge in [0.1, 0.15) is 5.54 Å². The topological polar surface area (TPSA) is 64.1 Å². The lowest BCUT2D eigenvalue weighted by atomic mass is 9.88. The molecule has 0 aromatic rings. The van der Waals surface area contributed by atoms with Gasteiger partial charge >= 0.3 is 12.0 Å². The van der Waals surface area contributed by atoms with E-state index in [1.54, 1.807) is 11.8 Å². The molecular formula is C15H27N3O3. The van der Waals surface area contributed by atoms with Crippen molar-refractivity contribution in [2.24, 2.45) is 0 Å². The number of likely N-dealkylation sites (tertiary alicyclic amines) is 1. The van der Waals surface area contributed by atoms with Crippen molar-refractivity contribution >= 4 is 12.0 Å². The molecule has 0 radical (unpaired) electrons. The Morgan fingerprint density at radius 2 is 1.71 bits per heavy atom. The number of aliphatic carboxylic acids is 1. The van der Waals surface area contributed by atoms with Crippen molar-refractivity contribution in [2.75, 3.05) is 33.2 Å². The standard InChI is InChI=1S/C15H27N3O3/c1-14(2)11-17(10-9-16(14)4)13(21)18-8-6-5-7-15(18,3)12(19)20/h5-11H2,1-4H3,(H,19,20). The van der Waals surface area contributed by atoms with Gasteiger partial charge in [0.15, 0.2) is 0 Å². The summed E-state index contributed by atoms with van der Waals surface area (Å²) in [7, 11) is 2.06. The number of rotatable bonds is 1. The highest BCUT2D eigenvalue weighted by atomic mass is 16.4. The van der Waals surface area contributed by atoms with Gasteiger partial charge in [0.2, 0.25) is 0 Å². The third-order valence-corrected chi connectivity index (χ3v) is 5.17. The van der Waals surface area contributed by atoms with E-state index in [1.165, 1.54) is 0 Å². The van der Waals surface area contributed by atoms with E-state index in [2.05, 4.69) is 25.8 Å². The molecule has 0 aromatic carbocycles. The number of carbonyl (C=O) groups excluding carboxylic acids is 1. The predicted molar refractivity (Wildman–Crippen MR) is 80.3 cm³/mol. The maximum absolute atomic E-state index is 12.8. The molecule has 0 saturated carbocycles. The van der Waals surface area contributed by atoms with E-state index < -0.39 is 11.5 Å². The number of urea groups is 1. The average molecular weight is 297 g/mol. The number of piperazine rings is 1. The van der Waals surface area contributed by atoms with Crippen molar-refractivity contribution in [3.63, 3.8) is 0 Å². The highest BCUT2D eigenvalue weighted by Gasteiger charge is 2.46.